The maximum Gasteiger partial charge on any atom is 0.314 e. The van der Waals surface area contributed by atoms with E-state index in [4.69, 9.17) is 9.47 Å². The Labute approximate surface area is 214 Å². The van der Waals surface area contributed by atoms with Crippen molar-refractivity contribution in [1.82, 2.24) is 0 Å². The van der Waals surface area contributed by atoms with Crippen molar-refractivity contribution in [1.29, 1.82) is 0 Å². The molecule has 3 nitrogen and oxygen atoms in total. The molecule has 2 rings (SSSR count). The van der Waals surface area contributed by atoms with Crippen molar-refractivity contribution in [2.24, 2.45) is 5.92 Å². The monoisotopic (exact) mass is 480 g/mol. The Morgan fingerprint density at radius 2 is 1.09 bits per heavy atom. The summed E-state index contributed by atoms with van der Waals surface area (Å²) in [6, 6.07) is 16.0. The Bertz CT molecular complexity index is 795. The van der Waals surface area contributed by atoms with E-state index in [0.29, 0.717) is 5.75 Å². The van der Waals surface area contributed by atoms with E-state index in [2.05, 4.69) is 26.0 Å². The first kappa shape index (κ1) is 28.9. The molecular formula is C32H48O3. The Balaban J connectivity index is 1.58. The number of hydrogen-bond acceptors (Lipinski definition) is 3. The van der Waals surface area contributed by atoms with Crippen LogP contribution in [0, 0.1) is 5.92 Å². The molecule has 0 aromatic heterocycles. The summed E-state index contributed by atoms with van der Waals surface area (Å²) in [5.74, 6) is 1.30. The second-order valence-corrected chi connectivity index (χ2v) is 9.90. The maximum absolute atomic E-state index is 12.1. The van der Waals surface area contributed by atoms with Gasteiger partial charge < -0.3 is 9.47 Å². The van der Waals surface area contributed by atoms with Gasteiger partial charge in [0.15, 0.2) is 0 Å². The van der Waals surface area contributed by atoms with Gasteiger partial charge in [0.2, 0.25) is 0 Å². The number of ether oxygens (including phenoxy) is 2. The minimum atomic E-state index is -0.158. The highest BCUT2D eigenvalue weighted by Gasteiger charge is 2.14. The Kier molecular flexibility index (Phi) is 14.9. The molecule has 3 heteroatoms. The molecule has 0 saturated carbocycles. The van der Waals surface area contributed by atoms with Crippen molar-refractivity contribution in [2.45, 2.75) is 111 Å². The number of rotatable bonds is 19. The fourth-order valence-corrected chi connectivity index (χ4v) is 4.36. The average Bonchev–Trinajstić information content (AvgIpc) is 2.88. The predicted molar refractivity (Wildman–Crippen MR) is 148 cm³/mol. The number of carbonyl (C=O) groups excluding carboxylic acids is 1. The fraction of sp³-hybridized carbons (Fsp3) is 0.594. The Morgan fingerprint density at radius 1 is 0.629 bits per heavy atom. The van der Waals surface area contributed by atoms with Crippen LogP contribution >= 0.6 is 0 Å². The van der Waals surface area contributed by atoms with Crippen molar-refractivity contribution in [2.75, 3.05) is 6.61 Å². The van der Waals surface area contributed by atoms with Crippen molar-refractivity contribution < 1.29 is 14.3 Å². The van der Waals surface area contributed by atoms with Gasteiger partial charge in [-0.1, -0.05) is 122 Å². The third-order valence-electron chi connectivity index (χ3n) is 6.65. The van der Waals surface area contributed by atoms with Crippen LogP contribution in [0.1, 0.15) is 111 Å². The summed E-state index contributed by atoms with van der Waals surface area (Å²) in [7, 11) is 0. The molecule has 0 unspecified atom stereocenters. The molecule has 0 aliphatic rings. The molecule has 0 spiro atoms. The SMILES string of the molecule is CCCCCCCCCCCCCCOc1ccc(-c2ccc(OC(=O)[C@@H](C)CCC)cc2)cc1. The second-order valence-electron chi connectivity index (χ2n) is 9.90. The number of unbranched alkanes of at least 4 members (excludes halogenated alkanes) is 11. The van der Waals surface area contributed by atoms with Gasteiger partial charge in [-0.3, -0.25) is 4.79 Å². The number of carbonyl (C=O) groups is 1. The van der Waals surface area contributed by atoms with Crippen LogP contribution in [0.2, 0.25) is 0 Å². The van der Waals surface area contributed by atoms with E-state index >= 15 is 0 Å². The number of benzene rings is 2. The first-order valence-electron chi connectivity index (χ1n) is 14.2. The summed E-state index contributed by atoms with van der Waals surface area (Å²) in [5.41, 5.74) is 2.22. The van der Waals surface area contributed by atoms with Gasteiger partial charge in [0.1, 0.15) is 11.5 Å². The second kappa shape index (κ2) is 18.0. The van der Waals surface area contributed by atoms with E-state index in [-0.39, 0.29) is 11.9 Å². The fourth-order valence-electron chi connectivity index (χ4n) is 4.36. The lowest BCUT2D eigenvalue weighted by molar-refractivity contribution is -0.138. The lowest BCUT2D eigenvalue weighted by Gasteiger charge is -2.11. The van der Waals surface area contributed by atoms with Crippen LogP contribution < -0.4 is 9.47 Å². The third-order valence-corrected chi connectivity index (χ3v) is 6.65. The molecule has 0 radical (unpaired) electrons. The van der Waals surface area contributed by atoms with Crippen molar-refractivity contribution >= 4 is 5.97 Å². The normalized spacial score (nSPS) is 11.9. The van der Waals surface area contributed by atoms with Crippen LogP contribution in [-0.2, 0) is 4.79 Å². The minimum absolute atomic E-state index is 0.0675. The molecule has 0 bridgehead atoms. The summed E-state index contributed by atoms with van der Waals surface area (Å²) in [6.07, 6.45) is 18.1. The van der Waals surface area contributed by atoms with Crippen molar-refractivity contribution in [3.63, 3.8) is 0 Å². The minimum Gasteiger partial charge on any atom is -0.494 e. The molecule has 0 aliphatic heterocycles. The van der Waals surface area contributed by atoms with E-state index in [9.17, 15) is 4.79 Å². The van der Waals surface area contributed by atoms with Crippen LogP contribution in [-0.4, -0.2) is 12.6 Å². The Hall–Kier alpha value is -2.29. The first-order valence-corrected chi connectivity index (χ1v) is 14.2. The molecule has 0 N–H and O–H groups in total. The molecule has 2 aromatic carbocycles. The van der Waals surface area contributed by atoms with Gasteiger partial charge in [-0.05, 0) is 48.2 Å². The zero-order valence-electron chi connectivity index (χ0n) is 22.5. The van der Waals surface area contributed by atoms with Crippen molar-refractivity contribution in [3.05, 3.63) is 48.5 Å². The summed E-state index contributed by atoms with van der Waals surface area (Å²) in [6.45, 7) is 7.06. The molecule has 0 aliphatic carbocycles. The highest BCUT2D eigenvalue weighted by atomic mass is 16.5. The largest absolute Gasteiger partial charge is 0.494 e. The molecule has 35 heavy (non-hydrogen) atoms. The van der Waals surface area contributed by atoms with Gasteiger partial charge in [0.05, 0.1) is 12.5 Å². The van der Waals surface area contributed by atoms with Gasteiger partial charge in [-0.2, -0.15) is 0 Å². The molecule has 0 saturated heterocycles. The number of esters is 1. The van der Waals surface area contributed by atoms with Crippen LogP contribution in [0.3, 0.4) is 0 Å². The summed E-state index contributed by atoms with van der Waals surface area (Å²) in [4.78, 5) is 12.1. The topological polar surface area (TPSA) is 35.5 Å². The third kappa shape index (κ3) is 12.3. The summed E-state index contributed by atoms with van der Waals surface area (Å²) < 4.78 is 11.4. The molecule has 0 amide bonds. The molecule has 194 valence electrons. The van der Waals surface area contributed by atoms with Gasteiger partial charge in [0, 0.05) is 0 Å². The summed E-state index contributed by atoms with van der Waals surface area (Å²) >= 11 is 0. The highest BCUT2D eigenvalue weighted by Crippen LogP contribution is 2.25. The van der Waals surface area contributed by atoms with E-state index in [1.54, 1.807) is 0 Å². The van der Waals surface area contributed by atoms with E-state index in [1.165, 1.54) is 70.6 Å². The van der Waals surface area contributed by atoms with Gasteiger partial charge in [0.25, 0.3) is 0 Å². The maximum atomic E-state index is 12.1. The molecular weight excluding hydrogens is 432 g/mol. The number of hydrogen-bond donors (Lipinski definition) is 0. The zero-order chi connectivity index (χ0) is 25.1. The average molecular weight is 481 g/mol. The van der Waals surface area contributed by atoms with E-state index in [0.717, 1.165) is 42.7 Å². The highest BCUT2D eigenvalue weighted by molar-refractivity contribution is 5.75. The van der Waals surface area contributed by atoms with Crippen LogP contribution in [0.4, 0.5) is 0 Å². The standard InChI is InChI=1S/C32H48O3/c1-4-6-7-8-9-10-11-12-13-14-15-16-26-34-30-22-18-28(19-23-30)29-20-24-31(25-21-29)35-32(33)27(3)17-5-2/h18-25,27H,4-17,26H2,1-3H3/t27-/m0/s1. The van der Waals surface area contributed by atoms with E-state index in [1.807, 2.05) is 43.3 Å². The molecule has 2 aromatic rings. The van der Waals surface area contributed by atoms with Crippen LogP contribution in [0.5, 0.6) is 11.5 Å². The summed E-state index contributed by atoms with van der Waals surface area (Å²) in [5, 5.41) is 0. The lowest BCUT2D eigenvalue weighted by atomic mass is 10.1. The molecule has 0 heterocycles. The predicted octanol–water partition coefficient (Wildman–Crippen LogP) is 9.78. The smallest absolute Gasteiger partial charge is 0.314 e. The van der Waals surface area contributed by atoms with Crippen molar-refractivity contribution in [3.8, 4) is 22.6 Å². The lowest BCUT2D eigenvalue weighted by Crippen LogP contribution is -2.17. The van der Waals surface area contributed by atoms with Gasteiger partial charge in [-0.25, -0.2) is 0 Å². The van der Waals surface area contributed by atoms with Gasteiger partial charge in [-0.15, -0.1) is 0 Å². The molecule has 0 fully saturated rings. The van der Waals surface area contributed by atoms with Crippen LogP contribution in [0.15, 0.2) is 48.5 Å². The van der Waals surface area contributed by atoms with E-state index < -0.39 is 0 Å². The quantitative estimate of drug-likeness (QED) is 0.114. The van der Waals surface area contributed by atoms with Gasteiger partial charge >= 0.3 is 5.97 Å². The zero-order valence-corrected chi connectivity index (χ0v) is 22.5. The molecule has 1 atom stereocenters. The first-order chi connectivity index (χ1) is 17.1. The van der Waals surface area contributed by atoms with Crippen LogP contribution in [0.25, 0.3) is 11.1 Å². The Morgan fingerprint density at radius 3 is 1.57 bits per heavy atom.